The van der Waals surface area contributed by atoms with Gasteiger partial charge in [0.05, 0.1) is 36.9 Å². The number of nitrogens with two attached hydrogens (primary N) is 1. The average Bonchev–Trinajstić information content (AvgIpc) is 3.73. The summed E-state index contributed by atoms with van der Waals surface area (Å²) in [4.78, 5) is 36.4. The van der Waals surface area contributed by atoms with Gasteiger partial charge >= 0.3 is 15.6 Å². The molecule has 4 aromatic rings. The number of phosphoric ester groups is 2. The molecule has 0 radical (unpaired) electrons. The Morgan fingerprint density at radius 2 is 1.35 bits per heavy atom. The molecule has 2 aliphatic heterocycles. The SMILES string of the molecule is Cc1cc2ncn([C@@H]3O[C@H](COP(=O)(O)OP(=O)(O)OC[C@H]4O[C@@H](n5cnc6c(N)ncnc65)[C@H](O)[C@@H]4O)[C@@H](O)[C@H]3O)c2cc1C. The fraction of sp³-hybridized carbons (Fsp3) is 0.500. The zero-order valence-electron chi connectivity index (χ0n) is 24.1. The second kappa shape index (κ2) is 12.3. The molecule has 46 heavy (non-hydrogen) atoms. The number of ether oxygens (including phenoxy) is 2. The number of nitrogens with zero attached hydrogens (tertiary/aromatic N) is 6. The molecule has 2 unspecified atom stereocenters. The van der Waals surface area contributed by atoms with Crippen LogP contribution in [0.3, 0.4) is 0 Å². The molecule has 3 aromatic heterocycles. The number of rotatable bonds is 10. The zero-order chi connectivity index (χ0) is 33.1. The van der Waals surface area contributed by atoms with Crippen LogP contribution in [-0.4, -0.2) is 109 Å². The highest BCUT2D eigenvalue weighted by Gasteiger charge is 2.48. The number of benzene rings is 1. The highest BCUT2D eigenvalue weighted by molar-refractivity contribution is 7.61. The molecule has 22 heteroatoms. The normalized spacial score (nSPS) is 31.0. The van der Waals surface area contributed by atoms with Crippen LogP contribution in [0.4, 0.5) is 5.82 Å². The number of phosphoric acid groups is 2. The second-order valence-electron chi connectivity index (χ2n) is 10.9. The number of anilines is 1. The van der Waals surface area contributed by atoms with E-state index in [0.717, 1.165) is 17.5 Å². The van der Waals surface area contributed by atoms with Gasteiger partial charge in [0.15, 0.2) is 23.9 Å². The van der Waals surface area contributed by atoms with Crippen molar-refractivity contribution < 1.29 is 62.2 Å². The molecule has 8 N–H and O–H groups in total. The number of aromatic nitrogens is 6. The summed E-state index contributed by atoms with van der Waals surface area (Å²) in [6.45, 7) is 2.10. The number of aryl methyl sites for hydroxylation is 2. The average molecular weight is 687 g/mol. The summed E-state index contributed by atoms with van der Waals surface area (Å²) in [5, 5.41) is 42.2. The van der Waals surface area contributed by atoms with Gasteiger partial charge in [-0.1, -0.05) is 0 Å². The summed E-state index contributed by atoms with van der Waals surface area (Å²) in [5.74, 6) is 0.0626. The van der Waals surface area contributed by atoms with Gasteiger partial charge in [0.25, 0.3) is 0 Å². The Morgan fingerprint density at radius 1 is 0.804 bits per heavy atom. The third-order valence-corrected chi connectivity index (χ3v) is 10.4. The lowest BCUT2D eigenvalue weighted by Crippen LogP contribution is -2.34. The third-order valence-electron chi connectivity index (χ3n) is 7.81. The van der Waals surface area contributed by atoms with E-state index in [1.807, 2.05) is 26.0 Å². The first-order valence-corrected chi connectivity index (χ1v) is 16.7. The van der Waals surface area contributed by atoms with Crippen molar-refractivity contribution >= 4 is 43.7 Å². The molecule has 2 saturated heterocycles. The van der Waals surface area contributed by atoms with Crippen molar-refractivity contribution in [2.45, 2.75) is 62.9 Å². The van der Waals surface area contributed by atoms with Crippen LogP contribution in [0.25, 0.3) is 22.2 Å². The van der Waals surface area contributed by atoms with E-state index in [1.54, 1.807) is 0 Å². The maximum Gasteiger partial charge on any atom is 0.481 e. The quantitative estimate of drug-likeness (QED) is 0.104. The molecule has 0 amide bonds. The maximum absolute atomic E-state index is 12.5. The largest absolute Gasteiger partial charge is 0.481 e. The van der Waals surface area contributed by atoms with E-state index < -0.39 is 77.9 Å². The second-order valence-corrected chi connectivity index (χ2v) is 13.9. The molecule has 1 aromatic carbocycles. The lowest BCUT2D eigenvalue weighted by molar-refractivity contribution is -0.0529. The first kappa shape index (κ1) is 33.0. The van der Waals surface area contributed by atoms with Crippen LogP contribution in [0, 0.1) is 13.8 Å². The summed E-state index contributed by atoms with van der Waals surface area (Å²) in [6, 6.07) is 3.68. The minimum atomic E-state index is -5.35. The number of aliphatic hydroxyl groups is 4. The van der Waals surface area contributed by atoms with E-state index in [1.165, 1.54) is 21.8 Å². The molecule has 2 aliphatic rings. The number of imidazole rings is 2. The van der Waals surface area contributed by atoms with Crippen molar-refractivity contribution in [1.29, 1.82) is 0 Å². The van der Waals surface area contributed by atoms with E-state index in [0.29, 0.717) is 11.0 Å². The third kappa shape index (κ3) is 6.20. The van der Waals surface area contributed by atoms with Crippen LogP contribution in [0.2, 0.25) is 0 Å². The Hall–Kier alpha value is -2.94. The monoisotopic (exact) mass is 687 g/mol. The summed E-state index contributed by atoms with van der Waals surface area (Å²) in [6.07, 6.45) is -7.62. The van der Waals surface area contributed by atoms with Gasteiger partial charge in [0.2, 0.25) is 0 Å². The smallest absolute Gasteiger partial charge is 0.387 e. The van der Waals surface area contributed by atoms with Crippen molar-refractivity contribution in [3.05, 3.63) is 42.2 Å². The molecule has 10 atom stereocenters. The number of aliphatic hydroxyl groups excluding tert-OH is 4. The van der Waals surface area contributed by atoms with E-state index >= 15 is 0 Å². The van der Waals surface area contributed by atoms with Gasteiger partial charge in [-0.25, -0.2) is 29.1 Å². The summed E-state index contributed by atoms with van der Waals surface area (Å²) < 4.78 is 53.0. The Morgan fingerprint density at radius 3 is 1.96 bits per heavy atom. The molecule has 2 fully saturated rings. The molecule has 20 nitrogen and oxygen atoms in total. The van der Waals surface area contributed by atoms with Crippen molar-refractivity contribution in [1.82, 2.24) is 29.1 Å². The van der Waals surface area contributed by atoms with Gasteiger partial charge in [-0.3, -0.25) is 13.6 Å². The van der Waals surface area contributed by atoms with Crippen LogP contribution in [0.1, 0.15) is 23.6 Å². The molecule has 0 aliphatic carbocycles. The molecule has 6 rings (SSSR count). The summed E-state index contributed by atoms with van der Waals surface area (Å²) in [7, 11) is -10.7. The van der Waals surface area contributed by atoms with E-state index in [9.17, 15) is 39.3 Å². The minimum Gasteiger partial charge on any atom is -0.387 e. The first-order chi connectivity index (χ1) is 21.7. The number of nitrogen functional groups attached to an aromatic ring is 1. The highest BCUT2D eigenvalue weighted by Crippen LogP contribution is 2.60. The summed E-state index contributed by atoms with van der Waals surface area (Å²) >= 11 is 0. The lowest BCUT2D eigenvalue weighted by Gasteiger charge is -2.20. The van der Waals surface area contributed by atoms with Crippen molar-refractivity contribution in [2.24, 2.45) is 0 Å². The maximum atomic E-state index is 12.5. The first-order valence-electron chi connectivity index (χ1n) is 13.7. The molecule has 0 spiro atoms. The highest BCUT2D eigenvalue weighted by atomic mass is 31.3. The van der Waals surface area contributed by atoms with Crippen LogP contribution in [0.15, 0.2) is 31.1 Å². The molecule has 250 valence electrons. The predicted octanol–water partition coefficient (Wildman–Crippen LogP) is -0.436. The number of hydrogen-bond acceptors (Lipinski definition) is 16. The van der Waals surface area contributed by atoms with E-state index in [-0.39, 0.29) is 17.0 Å². The van der Waals surface area contributed by atoms with Crippen molar-refractivity contribution in [3.8, 4) is 0 Å². The fourth-order valence-electron chi connectivity index (χ4n) is 5.25. The zero-order valence-corrected chi connectivity index (χ0v) is 25.9. The van der Waals surface area contributed by atoms with E-state index in [2.05, 4.69) is 24.2 Å². The lowest BCUT2D eigenvalue weighted by atomic mass is 10.1. The minimum absolute atomic E-state index is 0.0626. The molecule has 0 saturated carbocycles. The molecular weight excluding hydrogens is 656 g/mol. The van der Waals surface area contributed by atoms with Gasteiger partial charge < -0.3 is 50.0 Å². The Bertz CT molecular complexity index is 1860. The van der Waals surface area contributed by atoms with Crippen LogP contribution in [-0.2, 0) is 32.0 Å². The van der Waals surface area contributed by atoms with Crippen molar-refractivity contribution in [3.63, 3.8) is 0 Å². The topological polar surface area (TPSA) is 289 Å². The molecular formula is C24H31N7O13P2. The number of hydrogen-bond donors (Lipinski definition) is 7. The number of fused-ring (bicyclic) bond motifs is 2. The van der Waals surface area contributed by atoms with Gasteiger partial charge in [-0.2, -0.15) is 4.31 Å². The molecule has 5 heterocycles. The van der Waals surface area contributed by atoms with Crippen LogP contribution in [0.5, 0.6) is 0 Å². The van der Waals surface area contributed by atoms with Gasteiger partial charge in [0.1, 0.15) is 48.5 Å². The Balaban J connectivity index is 1.05. The standard InChI is InChI=1S/C24H31N7O13P2/c1-10-3-12-13(4-11(10)2)30(8-28-12)23-19(34)17(32)14(42-23)5-40-45(36,37)44-46(38,39)41-6-15-18(33)20(35)24(43-15)31-9-29-16-21(25)26-7-27-22(16)31/h3-4,7-9,14-15,17-20,23-24,32-35H,5-6H2,1-2H3,(H,36,37)(H,38,39)(H2,25,26,27)/t14-,15-,17-,18-,19-,20-,23-,24-/m1/s1. The van der Waals surface area contributed by atoms with Gasteiger partial charge in [-0.05, 0) is 37.1 Å². The van der Waals surface area contributed by atoms with Gasteiger partial charge in [0, 0.05) is 0 Å². The Kier molecular flexibility index (Phi) is 8.79. The van der Waals surface area contributed by atoms with Crippen LogP contribution >= 0.6 is 15.6 Å². The van der Waals surface area contributed by atoms with E-state index in [4.69, 9.17) is 24.3 Å². The molecule has 0 bridgehead atoms. The predicted molar refractivity (Wildman–Crippen MR) is 153 cm³/mol. The van der Waals surface area contributed by atoms with Crippen molar-refractivity contribution in [2.75, 3.05) is 18.9 Å². The fourth-order valence-corrected chi connectivity index (χ4v) is 7.34. The summed E-state index contributed by atoms with van der Waals surface area (Å²) in [5.41, 5.74) is 9.34. The van der Waals surface area contributed by atoms with Crippen LogP contribution < -0.4 is 5.73 Å². The Labute approximate surface area is 259 Å². The van der Waals surface area contributed by atoms with Gasteiger partial charge in [-0.15, -0.1) is 0 Å².